The molecule has 0 radical (unpaired) electrons. The van der Waals surface area contributed by atoms with Gasteiger partial charge in [0.2, 0.25) is 0 Å². The quantitative estimate of drug-likeness (QED) is 0.517. The molecule has 1 aromatic carbocycles. The van der Waals surface area contributed by atoms with Crippen LogP contribution in [0, 0.1) is 0 Å². The molecule has 1 aliphatic rings. The van der Waals surface area contributed by atoms with Gasteiger partial charge >= 0.3 is 12.0 Å². The van der Waals surface area contributed by atoms with Crippen LogP contribution in [0.25, 0.3) is 0 Å². The van der Waals surface area contributed by atoms with Gasteiger partial charge in [0, 0.05) is 17.8 Å². The smallest absolute Gasteiger partial charge is 0.338 e. The number of esters is 1. The average Bonchev–Trinajstić information content (AvgIpc) is 3.56. The summed E-state index contributed by atoms with van der Waals surface area (Å²) in [4.78, 5) is 38.1. The van der Waals surface area contributed by atoms with Gasteiger partial charge in [-0.3, -0.25) is 4.79 Å². The largest absolute Gasteiger partial charge is 0.452 e. The van der Waals surface area contributed by atoms with Crippen LogP contribution in [0.3, 0.4) is 0 Å². The average molecular weight is 469 g/mol. The number of carbonyl (C=O) groups excluding carboxylic acids is 3. The topological polar surface area (TPSA) is 114 Å². The number of benzene rings is 1. The predicted octanol–water partition coefficient (Wildman–Crippen LogP) is 3.51. The fraction of sp³-hybridized carbons (Fsp3) is 0.182. The van der Waals surface area contributed by atoms with Crippen LogP contribution in [0.15, 0.2) is 64.4 Å². The summed E-state index contributed by atoms with van der Waals surface area (Å²) >= 11 is 3.14. The van der Waals surface area contributed by atoms with Crippen LogP contribution in [0.5, 0.6) is 0 Å². The summed E-state index contributed by atoms with van der Waals surface area (Å²) in [7, 11) is 0. The first-order valence-corrected chi connectivity index (χ1v) is 11.5. The van der Waals surface area contributed by atoms with Crippen LogP contribution in [-0.4, -0.2) is 35.2 Å². The third kappa shape index (κ3) is 5.04. The molecular weight excluding hydrogens is 448 g/mol. The monoisotopic (exact) mass is 468 g/mol. The van der Waals surface area contributed by atoms with Crippen molar-refractivity contribution in [1.29, 1.82) is 0 Å². The number of nitrogens with two attached hydrogens (primary N) is 1. The fourth-order valence-electron chi connectivity index (χ4n) is 3.26. The van der Waals surface area contributed by atoms with Crippen LogP contribution in [-0.2, 0) is 16.1 Å². The summed E-state index contributed by atoms with van der Waals surface area (Å²) in [6.45, 7) is -0.153. The Morgan fingerprint density at radius 2 is 1.84 bits per heavy atom. The van der Waals surface area contributed by atoms with Gasteiger partial charge in [-0.15, -0.1) is 22.7 Å². The lowest BCUT2D eigenvalue weighted by Crippen LogP contribution is -2.31. The number of primary amides is 1. The summed E-state index contributed by atoms with van der Waals surface area (Å²) in [6, 6.07) is 13.5. The number of amides is 3. The molecule has 0 saturated heterocycles. The van der Waals surface area contributed by atoms with Gasteiger partial charge in [-0.05, 0) is 40.6 Å². The van der Waals surface area contributed by atoms with E-state index in [1.165, 1.54) is 5.01 Å². The van der Waals surface area contributed by atoms with E-state index in [1.54, 1.807) is 46.9 Å². The number of nitrogens with one attached hydrogen (secondary N) is 1. The molecule has 1 unspecified atom stereocenters. The highest BCUT2D eigenvalue weighted by molar-refractivity contribution is 7.12. The Labute approximate surface area is 192 Å². The van der Waals surface area contributed by atoms with E-state index >= 15 is 0 Å². The highest BCUT2D eigenvalue weighted by atomic mass is 32.1. The molecule has 3 heterocycles. The van der Waals surface area contributed by atoms with Crippen molar-refractivity contribution in [3.05, 3.63) is 80.2 Å². The molecule has 0 aliphatic carbocycles. The van der Waals surface area contributed by atoms with Crippen molar-refractivity contribution >= 4 is 46.3 Å². The van der Waals surface area contributed by atoms with E-state index in [-0.39, 0.29) is 18.5 Å². The molecule has 0 fully saturated rings. The van der Waals surface area contributed by atoms with Gasteiger partial charge in [0.25, 0.3) is 5.91 Å². The minimum absolute atomic E-state index is 0.213. The predicted molar refractivity (Wildman–Crippen MR) is 123 cm³/mol. The summed E-state index contributed by atoms with van der Waals surface area (Å²) in [5.74, 6) is -0.993. The molecule has 3 amide bonds. The molecule has 1 atom stereocenters. The molecular formula is C22H20N4O4S2. The molecule has 164 valence electrons. The second-order valence-electron chi connectivity index (χ2n) is 6.99. The molecule has 32 heavy (non-hydrogen) atoms. The first kappa shape index (κ1) is 21.7. The number of carbonyl (C=O) groups is 3. The molecule has 0 spiro atoms. The van der Waals surface area contributed by atoms with Crippen molar-refractivity contribution in [2.24, 2.45) is 10.8 Å². The van der Waals surface area contributed by atoms with Crippen molar-refractivity contribution < 1.29 is 19.1 Å². The molecule has 2 aromatic heterocycles. The Bertz CT molecular complexity index is 1130. The van der Waals surface area contributed by atoms with E-state index in [2.05, 4.69) is 10.4 Å². The van der Waals surface area contributed by atoms with Crippen molar-refractivity contribution in [2.75, 3.05) is 6.61 Å². The second kappa shape index (κ2) is 9.75. The zero-order valence-electron chi connectivity index (χ0n) is 16.9. The maximum absolute atomic E-state index is 12.9. The van der Waals surface area contributed by atoms with Gasteiger partial charge in [-0.25, -0.2) is 14.6 Å². The second-order valence-corrected chi connectivity index (χ2v) is 8.92. The van der Waals surface area contributed by atoms with Crippen molar-refractivity contribution in [1.82, 2.24) is 10.3 Å². The third-order valence-corrected chi connectivity index (χ3v) is 6.72. The lowest BCUT2D eigenvalue weighted by Gasteiger charge is -2.20. The maximum atomic E-state index is 12.9. The third-order valence-electron chi connectivity index (χ3n) is 4.83. The minimum atomic E-state index is -0.625. The molecule has 8 nitrogen and oxygen atoms in total. The Hall–Kier alpha value is -3.50. The number of thiophene rings is 2. The summed E-state index contributed by atoms with van der Waals surface area (Å²) < 4.78 is 5.25. The zero-order chi connectivity index (χ0) is 22.5. The number of urea groups is 1. The van der Waals surface area contributed by atoms with Gasteiger partial charge < -0.3 is 15.8 Å². The van der Waals surface area contributed by atoms with E-state index in [0.717, 1.165) is 21.0 Å². The summed E-state index contributed by atoms with van der Waals surface area (Å²) in [6.07, 6.45) is 0.613. The lowest BCUT2D eigenvalue weighted by molar-refractivity contribution is -0.136. The van der Waals surface area contributed by atoms with Crippen LogP contribution < -0.4 is 11.1 Å². The van der Waals surface area contributed by atoms with E-state index in [1.807, 2.05) is 35.0 Å². The highest BCUT2D eigenvalue weighted by Crippen LogP contribution is 2.35. The van der Waals surface area contributed by atoms with Crippen LogP contribution in [0.4, 0.5) is 4.79 Å². The first-order valence-electron chi connectivity index (χ1n) is 9.77. The number of hydrogen-bond acceptors (Lipinski definition) is 7. The molecule has 4 rings (SSSR count). The standard InChI is InChI=1S/C22H20N4O4S2/c23-22(29)24-12-14-5-7-15(8-6-14)21(28)30-13-20(27)26-17(19-4-2-10-32-19)11-16(25-26)18-3-1-9-31-18/h1-10,17H,11-13H2,(H3,23,24,29). The Morgan fingerprint density at radius 1 is 1.09 bits per heavy atom. The number of nitrogens with zero attached hydrogens (tertiary/aromatic N) is 2. The van der Waals surface area contributed by atoms with Crippen LogP contribution in [0.1, 0.15) is 38.1 Å². The number of rotatable bonds is 7. The molecule has 3 N–H and O–H groups in total. The first-order chi connectivity index (χ1) is 15.5. The Kier molecular flexibility index (Phi) is 6.62. The Balaban J connectivity index is 1.40. The molecule has 10 heteroatoms. The van der Waals surface area contributed by atoms with Crippen molar-refractivity contribution in [3.63, 3.8) is 0 Å². The van der Waals surface area contributed by atoms with Gasteiger partial charge in [0.05, 0.1) is 22.2 Å². The lowest BCUT2D eigenvalue weighted by atomic mass is 10.1. The summed E-state index contributed by atoms with van der Waals surface area (Å²) in [5, 5.41) is 12.4. The molecule has 0 saturated carbocycles. The van der Waals surface area contributed by atoms with Crippen LogP contribution in [0.2, 0.25) is 0 Å². The van der Waals surface area contributed by atoms with E-state index in [0.29, 0.717) is 12.0 Å². The molecule has 1 aliphatic heterocycles. The van der Waals surface area contributed by atoms with Crippen molar-refractivity contribution in [3.8, 4) is 0 Å². The highest BCUT2D eigenvalue weighted by Gasteiger charge is 2.34. The maximum Gasteiger partial charge on any atom is 0.338 e. The van der Waals surface area contributed by atoms with E-state index in [9.17, 15) is 14.4 Å². The Morgan fingerprint density at radius 3 is 2.50 bits per heavy atom. The molecule has 3 aromatic rings. The normalized spacial score (nSPS) is 15.3. The number of ether oxygens (including phenoxy) is 1. The van der Waals surface area contributed by atoms with Crippen LogP contribution >= 0.6 is 22.7 Å². The SMILES string of the molecule is NC(=O)NCc1ccc(C(=O)OCC(=O)N2N=C(c3cccs3)CC2c2cccs2)cc1. The van der Waals surface area contributed by atoms with E-state index in [4.69, 9.17) is 10.5 Å². The summed E-state index contributed by atoms with van der Waals surface area (Å²) in [5.41, 5.74) is 6.98. The van der Waals surface area contributed by atoms with Crippen molar-refractivity contribution in [2.45, 2.75) is 19.0 Å². The van der Waals surface area contributed by atoms with Gasteiger partial charge in [0.15, 0.2) is 6.61 Å². The zero-order valence-corrected chi connectivity index (χ0v) is 18.5. The molecule has 0 bridgehead atoms. The van der Waals surface area contributed by atoms with Gasteiger partial charge in [-0.1, -0.05) is 24.3 Å². The van der Waals surface area contributed by atoms with Gasteiger partial charge in [-0.2, -0.15) is 5.10 Å². The fourth-order valence-corrected chi connectivity index (χ4v) is 4.79. The minimum Gasteiger partial charge on any atom is -0.452 e. The van der Waals surface area contributed by atoms with E-state index < -0.39 is 18.6 Å². The van der Waals surface area contributed by atoms with Gasteiger partial charge in [0.1, 0.15) is 0 Å². The number of hydrogen-bond donors (Lipinski definition) is 2. The number of hydrazone groups is 1.